The van der Waals surface area contributed by atoms with E-state index in [0.717, 1.165) is 23.1 Å². The van der Waals surface area contributed by atoms with Crippen LogP contribution in [0.5, 0.6) is 0 Å². The van der Waals surface area contributed by atoms with Crippen LogP contribution < -0.4 is 5.73 Å². The molecule has 2 heterocycles. The van der Waals surface area contributed by atoms with E-state index in [9.17, 15) is 4.79 Å². The third kappa shape index (κ3) is 3.16. The molecule has 1 aromatic carbocycles. The maximum Gasteiger partial charge on any atom is 0.338 e. The molecule has 1 fully saturated rings. The Morgan fingerprint density at radius 1 is 1.38 bits per heavy atom. The highest BCUT2D eigenvalue weighted by Gasteiger charge is 2.27. The van der Waals surface area contributed by atoms with Crippen LogP contribution in [0.3, 0.4) is 0 Å². The zero-order valence-electron chi connectivity index (χ0n) is 12.0. The predicted octanol–water partition coefficient (Wildman–Crippen LogP) is 2.99. The van der Waals surface area contributed by atoms with Gasteiger partial charge < -0.3 is 15.2 Å². The summed E-state index contributed by atoms with van der Waals surface area (Å²) >= 11 is 1.37. The van der Waals surface area contributed by atoms with Crippen LogP contribution in [0.25, 0.3) is 10.2 Å². The smallest absolute Gasteiger partial charge is 0.338 e. The van der Waals surface area contributed by atoms with Gasteiger partial charge in [-0.1, -0.05) is 11.3 Å². The van der Waals surface area contributed by atoms with E-state index in [1.54, 1.807) is 18.2 Å². The van der Waals surface area contributed by atoms with E-state index in [-0.39, 0.29) is 24.3 Å². The lowest BCUT2D eigenvalue weighted by Gasteiger charge is -2.31. The Kier molecular flexibility index (Phi) is 3.82. The van der Waals surface area contributed by atoms with Gasteiger partial charge in [0.05, 0.1) is 28.0 Å². The van der Waals surface area contributed by atoms with Gasteiger partial charge >= 0.3 is 5.97 Å². The van der Waals surface area contributed by atoms with Gasteiger partial charge in [-0.25, -0.2) is 9.78 Å². The number of nitrogen functional groups attached to an aromatic ring is 1. The number of esters is 1. The first-order valence-corrected chi connectivity index (χ1v) is 7.85. The number of carbonyl (C=O) groups is 1. The number of ether oxygens (including phenoxy) is 2. The molecule has 1 aromatic heterocycles. The molecule has 0 aliphatic carbocycles. The molecule has 6 heteroatoms. The fourth-order valence-electron chi connectivity index (χ4n) is 2.73. The molecule has 112 valence electrons. The lowest BCUT2D eigenvalue weighted by Crippen LogP contribution is -2.35. The van der Waals surface area contributed by atoms with Crippen molar-refractivity contribution in [1.29, 1.82) is 0 Å². The lowest BCUT2D eigenvalue weighted by atomic mass is 10.0. The van der Waals surface area contributed by atoms with Gasteiger partial charge in [-0.05, 0) is 32.0 Å². The number of fused-ring (bicyclic) bond motifs is 1. The molecule has 1 aliphatic heterocycles. The highest BCUT2D eigenvalue weighted by Crippen LogP contribution is 2.26. The molecule has 1 saturated heterocycles. The summed E-state index contributed by atoms with van der Waals surface area (Å²) in [7, 11) is 0. The first-order chi connectivity index (χ1) is 10.0. The van der Waals surface area contributed by atoms with Crippen LogP contribution in [0.15, 0.2) is 18.2 Å². The van der Waals surface area contributed by atoms with Gasteiger partial charge in [-0.15, -0.1) is 0 Å². The second-order valence-electron chi connectivity index (χ2n) is 5.49. The van der Waals surface area contributed by atoms with Crippen molar-refractivity contribution in [3.05, 3.63) is 23.8 Å². The lowest BCUT2D eigenvalue weighted by molar-refractivity contribution is -0.0855. The van der Waals surface area contributed by atoms with Crippen molar-refractivity contribution in [2.75, 3.05) is 5.73 Å². The molecular weight excluding hydrogens is 288 g/mol. The Balaban J connectivity index is 1.74. The minimum Gasteiger partial charge on any atom is -0.459 e. The van der Waals surface area contributed by atoms with E-state index < -0.39 is 0 Å². The van der Waals surface area contributed by atoms with Gasteiger partial charge in [-0.3, -0.25) is 0 Å². The molecule has 0 amide bonds. The van der Waals surface area contributed by atoms with Crippen molar-refractivity contribution in [1.82, 2.24) is 4.98 Å². The molecule has 0 saturated carbocycles. The van der Waals surface area contributed by atoms with Crippen molar-refractivity contribution in [3.8, 4) is 0 Å². The zero-order valence-corrected chi connectivity index (χ0v) is 12.9. The molecule has 0 bridgehead atoms. The monoisotopic (exact) mass is 306 g/mol. The van der Waals surface area contributed by atoms with Crippen molar-refractivity contribution in [3.63, 3.8) is 0 Å². The Labute approximate surface area is 127 Å². The molecule has 3 rings (SSSR count). The van der Waals surface area contributed by atoms with E-state index in [2.05, 4.69) is 4.98 Å². The quantitative estimate of drug-likeness (QED) is 0.863. The van der Waals surface area contributed by atoms with Crippen LogP contribution in [0.1, 0.15) is 37.0 Å². The summed E-state index contributed by atoms with van der Waals surface area (Å²) in [6.07, 6.45) is 1.64. The van der Waals surface area contributed by atoms with Crippen LogP contribution in [0.4, 0.5) is 5.13 Å². The standard InChI is InChI=1S/C15H18N2O3S/c1-8-5-11(6-9(2)19-8)20-14(18)10-3-4-12-13(7-10)21-15(16)17-12/h3-4,7-9,11H,5-6H2,1-2H3,(H2,16,17). The first kappa shape index (κ1) is 14.3. The summed E-state index contributed by atoms with van der Waals surface area (Å²) in [6, 6.07) is 5.32. The zero-order chi connectivity index (χ0) is 15.0. The molecule has 0 spiro atoms. The van der Waals surface area contributed by atoms with Crippen molar-refractivity contribution in [2.45, 2.75) is 45.0 Å². The van der Waals surface area contributed by atoms with Gasteiger partial charge in [-0.2, -0.15) is 0 Å². The highest BCUT2D eigenvalue weighted by molar-refractivity contribution is 7.22. The van der Waals surface area contributed by atoms with Crippen molar-refractivity contribution < 1.29 is 14.3 Å². The first-order valence-electron chi connectivity index (χ1n) is 7.04. The Hall–Kier alpha value is -1.66. The van der Waals surface area contributed by atoms with E-state index in [1.807, 2.05) is 13.8 Å². The van der Waals surface area contributed by atoms with E-state index >= 15 is 0 Å². The largest absolute Gasteiger partial charge is 0.459 e. The molecular formula is C15H18N2O3S. The Morgan fingerprint density at radius 3 is 2.81 bits per heavy atom. The number of aromatic nitrogens is 1. The molecule has 2 N–H and O–H groups in total. The molecule has 2 aromatic rings. The highest BCUT2D eigenvalue weighted by atomic mass is 32.1. The summed E-state index contributed by atoms with van der Waals surface area (Å²) in [5, 5.41) is 0.502. The van der Waals surface area contributed by atoms with Crippen LogP contribution in [0, 0.1) is 0 Å². The molecule has 0 radical (unpaired) electrons. The molecule has 2 atom stereocenters. The number of hydrogen-bond donors (Lipinski definition) is 1. The van der Waals surface area contributed by atoms with Crippen molar-refractivity contribution in [2.24, 2.45) is 0 Å². The van der Waals surface area contributed by atoms with Crippen molar-refractivity contribution >= 4 is 32.7 Å². The number of anilines is 1. The van der Waals surface area contributed by atoms with E-state index in [0.29, 0.717) is 10.7 Å². The third-order valence-electron chi connectivity index (χ3n) is 3.57. The summed E-state index contributed by atoms with van der Waals surface area (Å²) in [4.78, 5) is 16.4. The fraction of sp³-hybridized carbons (Fsp3) is 0.467. The maximum atomic E-state index is 12.3. The molecule has 1 aliphatic rings. The second-order valence-corrected chi connectivity index (χ2v) is 6.55. The third-order valence-corrected chi connectivity index (χ3v) is 4.42. The van der Waals surface area contributed by atoms with E-state index in [4.69, 9.17) is 15.2 Å². The topological polar surface area (TPSA) is 74.4 Å². The van der Waals surface area contributed by atoms with Gasteiger partial charge in [0.2, 0.25) is 0 Å². The maximum absolute atomic E-state index is 12.3. The number of hydrogen-bond acceptors (Lipinski definition) is 6. The van der Waals surface area contributed by atoms with Crippen LogP contribution in [-0.2, 0) is 9.47 Å². The predicted molar refractivity (Wildman–Crippen MR) is 82.5 cm³/mol. The number of nitrogens with two attached hydrogens (primary N) is 1. The van der Waals surface area contributed by atoms with Gasteiger partial charge in [0.25, 0.3) is 0 Å². The number of nitrogens with zero attached hydrogens (tertiary/aromatic N) is 1. The van der Waals surface area contributed by atoms with E-state index in [1.165, 1.54) is 11.3 Å². The fourth-order valence-corrected chi connectivity index (χ4v) is 3.50. The number of thiazole rings is 1. The molecule has 21 heavy (non-hydrogen) atoms. The summed E-state index contributed by atoms with van der Waals surface area (Å²) < 4.78 is 12.2. The minimum absolute atomic E-state index is 0.0847. The Bertz CT molecular complexity index is 660. The minimum atomic E-state index is -0.296. The van der Waals surface area contributed by atoms with Crippen LogP contribution in [-0.4, -0.2) is 29.3 Å². The molecule has 5 nitrogen and oxygen atoms in total. The van der Waals surface area contributed by atoms with Crippen LogP contribution >= 0.6 is 11.3 Å². The Morgan fingerprint density at radius 2 is 2.10 bits per heavy atom. The number of benzene rings is 1. The normalized spacial score (nSPS) is 25.9. The summed E-state index contributed by atoms with van der Waals surface area (Å²) in [5.41, 5.74) is 7.02. The average molecular weight is 306 g/mol. The van der Waals surface area contributed by atoms with Gasteiger partial charge in [0.1, 0.15) is 6.10 Å². The second kappa shape index (κ2) is 5.61. The average Bonchev–Trinajstić information content (AvgIpc) is 2.76. The van der Waals surface area contributed by atoms with Crippen LogP contribution in [0.2, 0.25) is 0 Å². The summed E-state index contributed by atoms with van der Waals surface area (Å²) in [6.45, 7) is 4.01. The number of rotatable bonds is 2. The molecule has 2 unspecified atom stereocenters. The number of carbonyl (C=O) groups excluding carboxylic acids is 1. The van der Waals surface area contributed by atoms with Gasteiger partial charge in [0.15, 0.2) is 5.13 Å². The SMILES string of the molecule is CC1CC(OC(=O)c2ccc3nc(N)sc3c2)CC(C)O1. The summed E-state index contributed by atoms with van der Waals surface area (Å²) in [5.74, 6) is -0.296. The van der Waals surface area contributed by atoms with Gasteiger partial charge in [0, 0.05) is 12.8 Å².